The van der Waals surface area contributed by atoms with E-state index in [9.17, 15) is 16.8 Å². The summed E-state index contributed by atoms with van der Waals surface area (Å²) >= 11 is 0. The Kier molecular flexibility index (Phi) is 75.7. The molecule has 0 heterocycles. The molecule has 0 saturated heterocycles. The zero-order chi connectivity index (χ0) is 46.4. The van der Waals surface area contributed by atoms with Gasteiger partial charge in [0.25, 0.3) is 0 Å². The summed E-state index contributed by atoms with van der Waals surface area (Å²) in [5, 5.41) is 7.32. The molecule has 4 aromatic carbocycles. The average Bonchev–Trinajstić information content (AvgIpc) is 3.27. The van der Waals surface area contributed by atoms with Crippen molar-refractivity contribution in [2.75, 3.05) is 20.1 Å². The monoisotopic (exact) mass is 833 g/mol. The second kappa shape index (κ2) is 61.1. The maximum Gasteiger partial charge on any atom is 0.240 e. The van der Waals surface area contributed by atoms with Crippen molar-refractivity contribution in [3.05, 3.63) is 132 Å². The van der Waals surface area contributed by atoms with Crippen LogP contribution in [0.2, 0.25) is 0 Å². The van der Waals surface area contributed by atoms with Gasteiger partial charge in [-0.1, -0.05) is 205 Å². The Morgan fingerprint density at radius 1 is 0.509 bits per heavy atom. The number of nitriles is 1. The third-order valence-electron chi connectivity index (χ3n) is 4.91. The van der Waals surface area contributed by atoms with Crippen LogP contribution in [0.4, 0.5) is 0 Å². The van der Waals surface area contributed by atoms with Gasteiger partial charge in [-0.25, -0.2) is 26.3 Å². The fourth-order valence-electron chi connectivity index (χ4n) is 2.81. The quantitative estimate of drug-likeness (QED) is 0.187. The molecule has 0 aromatic heterocycles. The van der Waals surface area contributed by atoms with Crippen molar-refractivity contribution < 1.29 is 16.8 Å². The van der Waals surface area contributed by atoms with Gasteiger partial charge in [-0.2, -0.15) is 5.26 Å². The standard InChI is InChI=1S/2C8H11NO2S.2C7H8.C3H7N.C2H3N.6C2H6/c2*1-2-9-12(10,11)8-6-4-3-5-7-8;2*1-7-5-3-2-4-6-7;1-3-4-2;1-2-3;6*1-2/h2*3-7,9H,2H2,1H3;2*2-6H,1H3;3H,1-2H3;1H3;6*1-2H3. The van der Waals surface area contributed by atoms with Crippen LogP contribution >= 0.6 is 0 Å². The van der Waals surface area contributed by atoms with Gasteiger partial charge in [0.05, 0.1) is 15.9 Å². The largest absolute Gasteiger partial charge is 0.301 e. The summed E-state index contributed by atoms with van der Waals surface area (Å²) in [5.74, 6) is 0. The Bertz CT molecular complexity index is 1420. The molecule has 0 aliphatic carbocycles. The van der Waals surface area contributed by atoms with Crippen LogP contribution in [0, 0.1) is 25.2 Å². The molecule has 4 aromatic rings. The Hall–Kier alpha value is -4.14. The van der Waals surface area contributed by atoms with Gasteiger partial charge < -0.3 is 4.99 Å². The van der Waals surface area contributed by atoms with Crippen molar-refractivity contribution in [1.29, 1.82) is 5.26 Å². The molecular weight excluding hydrogens is 749 g/mol. The number of rotatable bonds is 6. The van der Waals surface area contributed by atoms with E-state index in [1.54, 1.807) is 93.8 Å². The van der Waals surface area contributed by atoms with Gasteiger partial charge in [0.2, 0.25) is 20.0 Å². The number of nitrogens with zero attached hydrogens (tertiary/aromatic N) is 2. The van der Waals surface area contributed by atoms with E-state index in [-0.39, 0.29) is 0 Å². The van der Waals surface area contributed by atoms with Crippen LogP contribution in [0.5, 0.6) is 0 Å². The summed E-state index contributed by atoms with van der Waals surface area (Å²) < 4.78 is 50.1. The predicted octanol–water partition coefficient (Wildman–Crippen LogP) is 13.4. The molecule has 0 amide bonds. The molecule has 0 bridgehead atoms. The number of benzene rings is 4. The summed E-state index contributed by atoms with van der Waals surface area (Å²) in [4.78, 5) is 4.23. The number of sulfonamides is 2. The first-order valence-corrected chi connectivity index (χ1v) is 23.2. The first kappa shape index (κ1) is 70.6. The lowest BCUT2D eigenvalue weighted by atomic mass is 10.2. The van der Waals surface area contributed by atoms with E-state index in [0.29, 0.717) is 22.9 Å². The maximum absolute atomic E-state index is 11.3. The third-order valence-corrected chi connectivity index (χ3v) is 8.04. The Balaban J connectivity index is -0.0000000830. The molecule has 0 atom stereocenters. The zero-order valence-electron chi connectivity index (χ0n) is 39.4. The summed E-state index contributed by atoms with van der Waals surface area (Å²) in [6.07, 6.45) is 1.75. The maximum atomic E-state index is 11.3. The average molecular weight is 833 g/mol. The van der Waals surface area contributed by atoms with Gasteiger partial charge in [-0.05, 0) is 51.3 Å². The fraction of sp³-hybridized carbons (Fsp3) is 0.447. The minimum Gasteiger partial charge on any atom is -0.301 e. The van der Waals surface area contributed by atoms with Crippen LogP contribution in [-0.4, -0.2) is 43.2 Å². The van der Waals surface area contributed by atoms with Crippen LogP contribution in [0.25, 0.3) is 0 Å². The summed E-state index contributed by atoms with van der Waals surface area (Å²) in [5.41, 5.74) is 2.64. The first-order chi connectivity index (χ1) is 27.4. The molecule has 0 aliphatic heterocycles. The van der Waals surface area contributed by atoms with Crippen molar-refractivity contribution in [3.8, 4) is 6.07 Å². The number of nitrogens with one attached hydrogen (secondary N) is 2. The molecule has 57 heavy (non-hydrogen) atoms. The van der Waals surface area contributed by atoms with Crippen molar-refractivity contribution >= 4 is 26.3 Å². The second-order valence-corrected chi connectivity index (χ2v) is 12.2. The van der Waals surface area contributed by atoms with Crippen LogP contribution < -0.4 is 9.44 Å². The topological polar surface area (TPSA) is 128 Å². The van der Waals surface area contributed by atoms with Crippen LogP contribution in [-0.2, 0) is 20.0 Å². The number of hydrogen-bond donors (Lipinski definition) is 2. The first-order valence-electron chi connectivity index (χ1n) is 20.3. The lowest BCUT2D eigenvalue weighted by Crippen LogP contribution is -2.22. The van der Waals surface area contributed by atoms with Crippen molar-refractivity contribution in [1.82, 2.24) is 9.44 Å². The van der Waals surface area contributed by atoms with E-state index in [0.717, 1.165) is 0 Å². The molecular formula is C47H84N4O4S2. The highest BCUT2D eigenvalue weighted by Gasteiger charge is 2.10. The van der Waals surface area contributed by atoms with Gasteiger partial charge in [0.15, 0.2) is 0 Å². The normalized spacial score (nSPS) is 8.39. The lowest BCUT2D eigenvalue weighted by Gasteiger charge is -2.02. The minimum atomic E-state index is -3.26. The predicted molar refractivity (Wildman–Crippen MR) is 256 cm³/mol. The van der Waals surface area contributed by atoms with Gasteiger partial charge in [0, 0.05) is 27.1 Å². The van der Waals surface area contributed by atoms with E-state index in [1.165, 1.54) is 18.1 Å². The van der Waals surface area contributed by atoms with Gasteiger partial charge in [-0.3, -0.25) is 0 Å². The number of aryl methyl sites for hydroxylation is 2. The van der Waals surface area contributed by atoms with E-state index < -0.39 is 20.0 Å². The summed E-state index contributed by atoms with van der Waals surface area (Å²) in [7, 11) is -4.77. The van der Waals surface area contributed by atoms with Crippen LogP contribution in [0.1, 0.15) is 122 Å². The second-order valence-electron chi connectivity index (χ2n) is 8.68. The molecule has 0 saturated carbocycles. The highest BCUT2D eigenvalue weighted by atomic mass is 32.2. The minimum absolute atomic E-state index is 0.312. The molecule has 0 aliphatic rings. The fourth-order valence-corrected chi connectivity index (χ4v) is 4.94. The van der Waals surface area contributed by atoms with E-state index >= 15 is 0 Å². The molecule has 0 unspecified atom stereocenters. The van der Waals surface area contributed by atoms with Crippen molar-refractivity contribution in [2.24, 2.45) is 4.99 Å². The Morgan fingerprint density at radius 2 is 0.684 bits per heavy atom. The van der Waals surface area contributed by atoms with E-state index in [2.05, 4.69) is 52.5 Å². The molecule has 2 N–H and O–H groups in total. The number of aliphatic imine (C=N–C) groups is 1. The van der Waals surface area contributed by atoms with Crippen molar-refractivity contribution in [3.63, 3.8) is 0 Å². The zero-order valence-corrected chi connectivity index (χ0v) is 41.0. The highest BCUT2D eigenvalue weighted by molar-refractivity contribution is 7.89. The van der Waals surface area contributed by atoms with Crippen LogP contribution in [0.15, 0.2) is 136 Å². The van der Waals surface area contributed by atoms with E-state index in [4.69, 9.17) is 5.26 Å². The molecule has 10 heteroatoms. The molecule has 0 spiro atoms. The summed E-state index contributed by atoms with van der Waals surface area (Å²) in [6.45, 7) is 35.8. The Labute approximate surface area is 354 Å². The summed E-state index contributed by atoms with van der Waals surface area (Å²) in [6, 6.07) is 38.9. The smallest absolute Gasteiger partial charge is 0.240 e. The van der Waals surface area contributed by atoms with Gasteiger partial charge in [0.1, 0.15) is 0 Å². The van der Waals surface area contributed by atoms with Crippen LogP contribution in [0.3, 0.4) is 0 Å². The van der Waals surface area contributed by atoms with Crippen molar-refractivity contribution in [2.45, 2.75) is 134 Å². The lowest BCUT2D eigenvalue weighted by molar-refractivity contribution is 0.582. The molecule has 328 valence electrons. The van der Waals surface area contributed by atoms with Gasteiger partial charge in [-0.15, -0.1) is 0 Å². The third kappa shape index (κ3) is 54.0. The number of hydrogen-bond acceptors (Lipinski definition) is 6. The van der Waals surface area contributed by atoms with Gasteiger partial charge >= 0.3 is 0 Å². The highest BCUT2D eigenvalue weighted by Crippen LogP contribution is 2.07. The molecule has 0 fully saturated rings. The van der Waals surface area contributed by atoms with E-state index in [1.807, 2.05) is 126 Å². The molecule has 0 radical (unpaired) electrons. The molecule has 8 nitrogen and oxygen atoms in total. The Morgan fingerprint density at radius 3 is 0.807 bits per heavy atom. The SMILES string of the molecule is CC.CC.CC.CC.CC.CC.CC#N.CC=NC.CCNS(=O)(=O)c1ccccc1.CCNS(=O)(=O)c1ccccc1.Cc1ccccc1.Cc1ccccc1. The molecule has 4 rings (SSSR count).